The molecular formula is C13H11ClN2O4. The van der Waals surface area contributed by atoms with E-state index in [4.69, 9.17) is 21.4 Å². The summed E-state index contributed by atoms with van der Waals surface area (Å²) in [5, 5.41) is 16.4. The molecule has 0 unspecified atom stereocenters. The number of ether oxygens (including phenoxy) is 1. The number of hydrogen-bond acceptors (Lipinski definition) is 5. The minimum Gasteiger partial charge on any atom is -0.486 e. The Balaban J connectivity index is 2.21. The van der Waals surface area contributed by atoms with Gasteiger partial charge in [-0.15, -0.1) is 0 Å². The Bertz CT molecular complexity index is 652. The van der Waals surface area contributed by atoms with E-state index in [-0.39, 0.29) is 6.61 Å². The number of aromatic nitrogens is 2. The van der Waals surface area contributed by atoms with Crippen molar-refractivity contribution < 1.29 is 19.3 Å². The molecule has 1 aromatic carbocycles. The maximum Gasteiger partial charge on any atom is 0.328 e. The SMILES string of the molecule is Cc1nonc1COc1cccc(Cl)c1/C=C/C(=O)O. The van der Waals surface area contributed by atoms with Crippen LogP contribution in [0.2, 0.25) is 5.02 Å². The fourth-order valence-electron chi connectivity index (χ4n) is 1.49. The molecule has 0 aliphatic carbocycles. The Kier molecular flexibility index (Phi) is 4.37. The second-order valence-electron chi connectivity index (χ2n) is 3.91. The fourth-order valence-corrected chi connectivity index (χ4v) is 1.71. The van der Waals surface area contributed by atoms with Gasteiger partial charge in [-0.2, -0.15) is 0 Å². The maximum absolute atomic E-state index is 10.6. The minimum absolute atomic E-state index is 0.156. The highest BCUT2D eigenvalue weighted by atomic mass is 35.5. The number of carboxylic acids is 1. The third kappa shape index (κ3) is 3.36. The molecule has 0 saturated heterocycles. The Morgan fingerprint density at radius 3 is 2.95 bits per heavy atom. The number of aliphatic carboxylic acids is 1. The van der Waals surface area contributed by atoms with E-state index in [9.17, 15) is 4.79 Å². The summed E-state index contributed by atoms with van der Waals surface area (Å²) in [6.45, 7) is 1.90. The van der Waals surface area contributed by atoms with Gasteiger partial charge in [-0.1, -0.05) is 28.0 Å². The Labute approximate surface area is 119 Å². The van der Waals surface area contributed by atoms with Crippen molar-refractivity contribution in [2.24, 2.45) is 0 Å². The molecule has 0 saturated carbocycles. The monoisotopic (exact) mass is 294 g/mol. The van der Waals surface area contributed by atoms with Crippen molar-refractivity contribution in [3.63, 3.8) is 0 Å². The number of rotatable bonds is 5. The van der Waals surface area contributed by atoms with Gasteiger partial charge >= 0.3 is 5.97 Å². The summed E-state index contributed by atoms with van der Waals surface area (Å²) >= 11 is 6.03. The molecule has 1 aromatic heterocycles. The number of carbonyl (C=O) groups is 1. The highest BCUT2D eigenvalue weighted by molar-refractivity contribution is 6.32. The zero-order valence-electron chi connectivity index (χ0n) is 10.5. The first-order chi connectivity index (χ1) is 9.58. The van der Waals surface area contributed by atoms with Gasteiger partial charge in [0.25, 0.3) is 0 Å². The molecule has 104 valence electrons. The van der Waals surface area contributed by atoms with E-state index in [0.717, 1.165) is 6.08 Å². The van der Waals surface area contributed by atoms with Crippen LogP contribution in [0.3, 0.4) is 0 Å². The molecule has 0 bridgehead atoms. The summed E-state index contributed by atoms with van der Waals surface area (Å²) in [6.07, 6.45) is 2.38. The van der Waals surface area contributed by atoms with Gasteiger partial charge < -0.3 is 9.84 Å². The summed E-state index contributed by atoms with van der Waals surface area (Å²) < 4.78 is 10.2. The predicted octanol–water partition coefficient (Wildman–Crippen LogP) is 2.71. The van der Waals surface area contributed by atoms with Gasteiger partial charge in [-0.05, 0) is 25.1 Å². The second kappa shape index (κ2) is 6.21. The third-order valence-electron chi connectivity index (χ3n) is 2.52. The van der Waals surface area contributed by atoms with E-state index in [2.05, 4.69) is 14.9 Å². The molecule has 0 atom stereocenters. The predicted molar refractivity (Wildman–Crippen MR) is 71.5 cm³/mol. The van der Waals surface area contributed by atoms with Crippen molar-refractivity contribution in [3.05, 3.63) is 46.2 Å². The topological polar surface area (TPSA) is 85.5 Å². The number of benzene rings is 1. The van der Waals surface area contributed by atoms with Crippen LogP contribution in [0.4, 0.5) is 0 Å². The lowest BCUT2D eigenvalue weighted by Crippen LogP contribution is -1.99. The van der Waals surface area contributed by atoms with Gasteiger partial charge in [-0.25, -0.2) is 9.42 Å². The Morgan fingerprint density at radius 2 is 2.30 bits per heavy atom. The molecule has 2 rings (SSSR count). The van der Waals surface area contributed by atoms with Crippen LogP contribution < -0.4 is 4.74 Å². The van der Waals surface area contributed by atoms with Crippen molar-refractivity contribution in [2.45, 2.75) is 13.5 Å². The summed E-state index contributed by atoms with van der Waals surface area (Å²) in [7, 11) is 0. The van der Waals surface area contributed by atoms with E-state index in [1.54, 1.807) is 25.1 Å². The van der Waals surface area contributed by atoms with Crippen molar-refractivity contribution in [2.75, 3.05) is 0 Å². The number of aryl methyl sites for hydroxylation is 1. The molecule has 1 N–H and O–H groups in total. The van der Waals surface area contributed by atoms with Crippen LogP contribution in [0.1, 0.15) is 17.0 Å². The van der Waals surface area contributed by atoms with Gasteiger partial charge in [-0.3, -0.25) is 0 Å². The van der Waals surface area contributed by atoms with Crippen LogP contribution in [0.25, 0.3) is 6.08 Å². The molecule has 0 radical (unpaired) electrons. The fraction of sp³-hybridized carbons (Fsp3) is 0.154. The highest BCUT2D eigenvalue weighted by Crippen LogP contribution is 2.28. The third-order valence-corrected chi connectivity index (χ3v) is 2.85. The average molecular weight is 295 g/mol. The van der Waals surface area contributed by atoms with Crippen LogP contribution >= 0.6 is 11.6 Å². The van der Waals surface area contributed by atoms with E-state index in [0.29, 0.717) is 27.7 Å². The number of halogens is 1. The smallest absolute Gasteiger partial charge is 0.328 e. The summed E-state index contributed by atoms with van der Waals surface area (Å²) in [5.74, 6) is -0.607. The molecule has 0 aliphatic heterocycles. The number of nitrogens with zero attached hydrogens (tertiary/aromatic N) is 2. The first-order valence-electron chi connectivity index (χ1n) is 5.68. The van der Waals surface area contributed by atoms with Gasteiger partial charge in [0, 0.05) is 11.6 Å². The number of carboxylic acid groups (broad SMARTS) is 1. The quantitative estimate of drug-likeness (QED) is 0.853. The van der Waals surface area contributed by atoms with E-state index in [1.165, 1.54) is 6.08 Å². The lowest BCUT2D eigenvalue weighted by molar-refractivity contribution is -0.131. The van der Waals surface area contributed by atoms with Crippen molar-refractivity contribution in [3.8, 4) is 5.75 Å². The molecule has 0 spiro atoms. The van der Waals surface area contributed by atoms with Crippen LogP contribution in [0.15, 0.2) is 28.9 Å². The van der Waals surface area contributed by atoms with Gasteiger partial charge in [0.1, 0.15) is 23.7 Å². The molecule has 0 fully saturated rings. The zero-order chi connectivity index (χ0) is 14.5. The molecule has 6 nitrogen and oxygen atoms in total. The highest BCUT2D eigenvalue weighted by Gasteiger charge is 2.09. The standard InChI is InChI=1S/C13H11ClN2O4/c1-8-11(16-20-15-8)7-19-12-4-2-3-10(14)9(12)5-6-13(17)18/h2-6H,7H2,1H3,(H,17,18)/b6-5+. The zero-order valence-corrected chi connectivity index (χ0v) is 11.3. The molecular weight excluding hydrogens is 284 g/mol. The Morgan fingerprint density at radius 1 is 1.50 bits per heavy atom. The van der Waals surface area contributed by atoms with E-state index >= 15 is 0 Å². The first-order valence-corrected chi connectivity index (χ1v) is 6.06. The first kappa shape index (κ1) is 14.1. The van der Waals surface area contributed by atoms with Crippen LogP contribution in [-0.4, -0.2) is 21.4 Å². The summed E-state index contributed by atoms with van der Waals surface area (Å²) in [4.78, 5) is 10.6. The lowest BCUT2D eigenvalue weighted by Gasteiger charge is -2.09. The molecule has 0 aliphatic rings. The van der Waals surface area contributed by atoms with Crippen molar-refractivity contribution >= 4 is 23.6 Å². The number of hydrogen-bond donors (Lipinski definition) is 1. The lowest BCUT2D eigenvalue weighted by atomic mass is 10.2. The van der Waals surface area contributed by atoms with Gasteiger partial charge in [0.05, 0.1) is 5.02 Å². The van der Waals surface area contributed by atoms with Crippen molar-refractivity contribution in [1.82, 2.24) is 10.3 Å². The van der Waals surface area contributed by atoms with E-state index < -0.39 is 5.97 Å². The molecule has 7 heteroatoms. The average Bonchev–Trinajstić information content (AvgIpc) is 2.80. The molecule has 0 amide bonds. The molecule has 1 heterocycles. The normalized spacial score (nSPS) is 10.9. The molecule has 20 heavy (non-hydrogen) atoms. The molecule has 2 aromatic rings. The van der Waals surface area contributed by atoms with Crippen LogP contribution in [0.5, 0.6) is 5.75 Å². The Hall–Kier alpha value is -2.34. The van der Waals surface area contributed by atoms with Gasteiger partial charge in [0.2, 0.25) is 0 Å². The van der Waals surface area contributed by atoms with E-state index in [1.807, 2.05) is 0 Å². The maximum atomic E-state index is 10.6. The minimum atomic E-state index is -1.06. The van der Waals surface area contributed by atoms with Crippen LogP contribution in [0, 0.1) is 6.92 Å². The largest absolute Gasteiger partial charge is 0.486 e. The second-order valence-corrected chi connectivity index (χ2v) is 4.32. The van der Waals surface area contributed by atoms with Crippen molar-refractivity contribution in [1.29, 1.82) is 0 Å². The van der Waals surface area contributed by atoms with Gasteiger partial charge in [0.15, 0.2) is 0 Å². The van der Waals surface area contributed by atoms with Crippen LogP contribution in [-0.2, 0) is 11.4 Å². The summed E-state index contributed by atoms with van der Waals surface area (Å²) in [6, 6.07) is 5.05. The summed E-state index contributed by atoms with van der Waals surface area (Å²) in [5.41, 5.74) is 1.69.